The van der Waals surface area contributed by atoms with Crippen molar-refractivity contribution in [1.29, 1.82) is 0 Å². The highest BCUT2D eigenvalue weighted by atomic mass is 16.5. The summed E-state index contributed by atoms with van der Waals surface area (Å²) in [6.07, 6.45) is 4.35. The summed E-state index contributed by atoms with van der Waals surface area (Å²) in [6, 6.07) is 0.346. The van der Waals surface area contributed by atoms with Gasteiger partial charge in [0, 0.05) is 19.7 Å². The van der Waals surface area contributed by atoms with Gasteiger partial charge in [0.15, 0.2) is 5.69 Å². The number of carbonyl (C=O) groups is 1. The fourth-order valence-corrected chi connectivity index (χ4v) is 3.48. The van der Waals surface area contributed by atoms with Crippen LogP contribution in [0.1, 0.15) is 54.8 Å². The van der Waals surface area contributed by atoms with Gasteiger partial charge in [0.2, 0.25) is 0 Å². The zero-order valence-electron chi connectivity index (χ0n) is 14.1. The minimum absolute atomic E-state index is 0.0271. The summed E-state index contributed by atoms with van der Waals surface area (Å²) in [5, 5.41) is 11.8. The van der Waals surface area contributed by atoms with Gasteiger partial charge in [-0.25, -0.2) is 4.68 Å². The molecule has 23 heavy (non-hydrogen) atoms. The molecule has 2 saturated heterocycles. The van der Waals surface area contributed by atoms with Gasteiger partial charge in [-0.3, -0.25) is 4.79 Å². The summed E-state index contributed by atoms with van der Waals surface area (Å²) >= 11 is 0. The molecule has 0 saturated carbocycles. The van der Waals surface area contributed by atoms with E-state index in [-0.39, 0.29) is 12.0 Å². The van der Waals surface area contributed by atoms with Crippen LogP contribution in [-0.4, -0.2) is 64.7 Å². The van der Waals surface area contributed by atoms with Crippen molar-refractivity contribution in [3.8, 4) is 0 Å². The van der Waals surface area contributed by atoms with Crippen molar-refractivity contribution in [2.24, 2.45) is 0 Å². The third-order valence-electron chi connectivity index (χ3n) is 4.90. The first-order valence-electron chi connectivity index (χ1n) is 8.74. The maximum Gasteiger partial charge on any atom is 0.276 e. The van der Waals surface area contributed by atoms with Crippen molar-refractivity contribution in [1.82, 2.24) is 25.2 Å². The van der Waals surface area contributed by atoms with E-state index < -0.39 is 0 Å². The lowest BCUT2D eigenvalue weighted by atomic mass is 10.1. The molecule has 0 aromatic carbocycles. The average Bonchev–Trinajstić information content (AvgIpc) is 3.22. The van der Waals surface area contributed by atoms with Crippen LogP contribution in [-0.2, 0) is 4.74 Å². The van der Waals surface area contributed by atoms with Crippen LogP contribution in [0, 0.1) is 6.92 Å². The van der Waals surface area contributed by atoms with E-state index in [9.17, 15) is 4.79 Å². The zero-order chi connectivity index (χ0) is 16.2. The molecule has 1 aromatic rings. The van der Waals surface area contributed by atoms with E-state index in [0.29, 0.717) is 24.8 Å². The van der Waals surface area contributed by atoms with Crippen LogP contribution in [0.15, 0.2) is 0 Å². The molecular formula is C16H27N5O2. The lowest BCUT2D eigenvalue weighted by molar-refractivity contribution is 0.0534. The normalized spacial score (nSPS) is 22.4. The van der Waals surface area contributed by atoms with Gasteiger partial charge in [-0.1, -0.05) is 5.21 Å². The highest BCUT2D eigenvalue weighted by Gasteiger charge is 2.27. The number of hydrogen-bond donors (Lipinski definition) is 1. The molecule has 3 heterocycles. The lowest BCUT2D eigenvalue weighted by Crippen LogP contribution is -2.37. The molecule has 128 valence electrons. The number of likely N-dealkylation sites (N-methyl/N-ethyl adjacent to an activating group) is 1. The minimum atomic E-state index is -0.0271. The van der Waals surface area contributed by atoms with E-state index in [2.05, 4.69) is 15.6 Å². The minimum Gasteiger partial charge on any atom is -0.376 e. The number of ether oxygens (including phenoxy) is 1. The maximum atomic E-state index is 12.8. The van der Waals surface area contributed by atoms with Gasteiger partial charge in [-0.2, -0.15) is 0 Å². The van der Waals surface area contributed by atoms with Crippen molar-refractivity contribution in [2.75, 3.05) is 32.8 Å². The van der Waals surface area contributed by atoms with Crippen molar-refractivity contribution in [3.05, 3.63) is 11.4 Å². The first-order valence-corrected chi connectivity index (χ1v) is 8.74. The number of nitrogens with zero attached hydrogens (tertiary/aromatic N) is 4. The summed E-state index contributed by atoms with van der Waals surface area (Å²) in [6.45, 7) is 8.06. The number of rotatable bonds is 5. The standard InChI is InChI=1S/C16H27N5O2/c1-3-20(11-14-5-4-10-23-14)16(22)15-12(2)21(19-18-15)13-6-8-17-9-7-13/h13-14,17H,3-11H2,1-2H3/t14-/m1/s1. The molecule has 0 aliphatic carbocycles. The van der Waals surface area contributed by atoms with E-state index in [1.165, 1.54) is 0 Å². The maximum absolute atomic E-state index is 12.8. The Labute approximate surface area is 137 Å². The Bertz CT molecular complexity index is 533. The van der Waals surface area contributed by atoms with Gasteiger partial charge in [0.05, 0.1) is 17.8 Å². The molecule has 0 radical (unpaired) electrons. The molecule has 7 nitrogen and oxygen atoms in total. The second-order valence-corrected chi connectivity index (χ2v) is 6.43. The molecule has 1 amide bonds. The summed E-state index contributed by atoms with van der Waals surface area (Å²) in [5.74, 6) is -0.0271. The van der Waals surface area contributed by atoms with Crippen LogP contribution >= 0.6 is 0 Å². The van der Waals surface area contributed by atoms with Crippen LogP contribution < -0.4 is 5.32 Å². The number of hydrogen-bond acceptors (Lipinski definition) is 5. The Morgan fingerprint density at radius 2 is 2.17 bits per heavy atom. The average molecular weight is 321 g/mol. The van der Waals surface area contributed by atoms with E-state index in [1.807, 2.05) is 23.4 Å². The quantitative estimate of drug-likeness (QED) is 0.881. The third kappa shape index (κ3) is 3.55. The molecule has 3 rings (SSSR count). The predicted octanol–water partition coefficient (Wildman–Crippen LogP) is 1.15. The SMILES string of the molecule is CCN(C[C@H]1CCCO1)C(=O)c1nnn(C2CCNCC2)c1C. The fraction of sp³-hybridized carbons (Fsp3) is 0.812. The third-order valence-corrected chi connectivity index (χ3v) is 4.90. The number of carbonyl (C=O) groups excluding carboxylic acids is 1. The summed E-state index contributed by atoms with van der Waals surface area (Å²) in [5.41, 5.74) is 1.37. The number of piperidine rings is 1. The Hall–Kier alpha value is -1.47. The van der Waals surface area contributed by atoms with Crippen molar-refractivity contribution < 1.29 is 9.53 Å². The van der Waals surface area contributed by atoms with Gasteiger partial charge in [0.1, 0.15) is 0 Å². The van der Waals surface area contributed by atoms with Gasteiger partial charge >= 0.3 is 0 Å². The second kappa shape index (κ2) is 7.40. The zero-order valence-corrected chi connectivity index (χ0v) is 14.1. The highest BCUT2D eigenvalue weighted by Crippen LogP contribution is 2.21. The van der Waals surface area contributed by atoms with E-state index >= 15 is 0 Å². The summed E-state index contributed by atoms with van der Waals surface area (Å²) in [4.78, 5) is 14.7. The van der Waals surface area contributed by atoms with Crippen LogP contribution in [0.2, 0.25) is 0 Å². The Morgan fingerprint density at radius 3 is 2.83 bits per heavy atom. The van der Waals surface area contributed by atoms with Crippen LogP contribution in [0.5, 0.6) is 0 Å². The monoisotopic (exact) mass is 321 g/mol. The lowest BCUT2D eigenvalue weighted by Gasteiger charge is -2.24. The molecule has 0 bridgehead atoms. The van der Waals surface area contributed by atoms with Gasteiger partial charge in [-0.15, -0.1) is 5.10 Å². The largest absolute Gasteiger partial charge is 0.376 e. The van der Waals surface area contributed by atoms with E-state index in [0.717, 1.165) is 51.1 Å². The molecule has 2 aliphatic rings. The van der Waals surface area contributed by atoms with Crippen LogP contribution in [0.3, 0.4) is 0 Å². The molecule has 1 atom stereocenters. The summed E-state index contributed by atoms with van der Waals surface area (Å²) < 4.78 is 7.60. The highest BCUT2D eigenvalue weighted by molar-refractivity contribution is 5.93. The van der Waals surface area contributed by atoms with Gasteiger partial charge in [-0.05, 0) is 52.6 Å². The van der Waals surface area contributed by atoms with Crippen molar-refractivity contribution in [2.45, 2.75) is 51.7 Å². The molecular weight excluding hydrogens is 294 g/mol. The second-order valence-electron chi connectivity index (χ2n) is 6.43. The molecule has 2 aliphatic heterocycles. The molecule has 1 N–H and O–H groups in total. The van der Waals surface area contributed by atoms with Crippen molar-refractivity contribution >= 4 is 5.91 Å². The molecule has 0 unspecified atom stereocenters. The molecule has 0 spiro atoms. The predicted molar refractivity (Wildman–Crippen MR) is 86.5 cm³/mol. The van der Waals surface area contributed by atoms with E-state index in [4.69, 9.17) is 4.74 Å². The van der Waals surface area contributed by atoms with Crippen LogP contribution in [0.4, 0.5) is 0 Å². The van der Waals surface area contributed by atoms with Crippen molar-refractivity contribution in [3.63, 3.8) is 0 Å². The Balaban J connectivity index is 1.71. The molecule has 2 fully saturated rings. The number of nitrogens with one attached hydrogen (secondary N) is 1. The smallest absolute Gasteiger partial charge is 0.276 e. The molecule has 7 heteroatoms. The van der Waals surface area contributed by atoms with Gasteiger partial charge < -0.3 is 15.0 Å². The van der Waals surface area contributed by atoms with Crippen LogP contribution in [0.25, 0.3) is 0 Å². The fourth-order valence-electron chi connectivity index (χ4n) is 3.48. The molecule has 1 aromatic heterocycles. The Kier molecular flexibility index (Phi) is 5.27. The Morgan fingerprint density at radius 1 is 1.39 bits per heavy atom. The first kappa shape index (κ1) is 16.4. The number of amides is 1. The summed E-state index contributed by atoms with van der Waals surface area (Å²) in [7, 11) is 0. The van der Waals surface area contributed by atoms with E-state index in [1.54, 1.807) is 0 Å². The van der Waals surface area contributed by atoms with Gasteiger partial charge in [0.25, 0.3) is 5.91 Å². The topological polar surface area (TPSA) is 72.3 Å². The first-order chi connectivity index (χ1) is 11.2. The number of aromatic nitrogens is 3.